The molecule has 5 nitrogen and oxygen atoms in total. The molecule has 0 aliphatic rings. The minimum atomic E-state index is 0.724. The van der Waals surface area contributed by atoms with E-state index in [-0.39, 0.29) is 0 Å². The van der Waals surface area contributed by atoms with Crippen molar-refractivity contribution in [3.8, 4) is 0 Å². The largest absolute Gasteiger partial charge is 0.356 e. The summed E-state index contributed by atoms with van der Waals surface area (Å²) < 4.78 is 1.83. The van der Waals surface area contributed by atoms with Crippen molar-refractivity contribution in [1.82, 2.24) is 20.4 Å². The standard InChI is InChI=1S/C12H21N5/c1-4-7-14-12(13-2)15-8-5-6-11-9-16-17(3)10-11/h4,9-10H,1,5-8H2,2-3H3,(H2,13,14,15). The Bertz CT molecular complexity index is 367. The van der Waals surface area contributed by atoms with E-state index in [1.54, 1.807) is 7.05 Å². The quantitative estimate of drug-likeness (QED) is 0.330. The predicted octanol–water partition coefficient (Wildman–Crippen LogP) is 0.704. The molecule has 94 valence electrons. The molecule has 0 saturated heterocycles. The first-order valence-corrected chi connectivity index (χ1v) is 5.79. The van der Waals surface area contributed by atoms with Gasteiger partial charge in [-0.1, -0.05) is 6.08 Å². The van der Waals surface area contributed by atoms with Crippen molar-refractivity contribution < 1.29 is 0 Å². The number of nitrogens with zero attached hydrogens (tertiary/aromatic N) is 3. The summed E-state index contributed by atoms with van der Waals surface area (Å²) in [4.78, 5) is 4.10. The number of rotatable bonds is 6. The van der Waals surface area contributed by atoms with Gasteiger partial charge in [0.05, 0.1) is 6.20 Å². The van der Waals surface area contributed by atoms with E-state index in [2.05, 4.69) is 27.3 Å². The zero-order valence-corrected chi connectivity index (χ0v) is 10.6. The fourth-order valence-electron chi connectivity index (χ4n) is 1.49. The minimum absolute atomic E-state index is 0.724. The highest BCUT2D eigenvalue weighted by atomic mass is 15.2. The molecule has 0 aliphatic heterocycles. The summed E-state index contributed by atoms with van der Waals surface area (Å²) >= 11 is 0. The Balaban J connectivity index is 2.16. The highest BCUT2D eigenvalue weighted by molar-refractivity contribution is 5.79. The number of aromatic nitrogens is 2. The molecule has 0 aliphatic carbocycles. The van der Waals surface area contributed by atoms with Gasteiger partial charge >= 0.3 is 0 Å². The van der Waals surface area contributed by atoms with Gasteiger partial charge in [-0.25, -0.2) is 0 Å². The number of hydrogen-bond acceptors (Lipinski definition) is 2. The Labute approximate surface area is 103 Å². The summed E-state index contributed by atoms with van der Waals surface area (Å²) in [6, 6.07) is 0. The maximum Gasteiger partial charge on any atom is 0.191 e. The van der Waals surface area contributed by atoms with Crippen LogP contribution >= 0.6 is 0 Å². The van der Waals surface area contributed by atoms with E-state index < -0.39 is 0 Å². The lowest BCUT2D eigenvalue weighted by Gasteiger charge is -2.09. The third-order valence-corrected chi connectivity index (χ3v) is 2.33. The van der Waals surface area contributed by atoms with Crippen molar-refractivity contribution in [3.05, 3.63) is 30.6 Å². The molecule has 1 aromatic rings. The van der Waals surface area contributed by atoms with Crippen LogP contribution in [0.3, 0.4) is 0 Å². The summed E-state index contributed by atoms with van der Waals surface area (Å²) in [5, 5.41) is 10.5. The molecule has 0 bridgehead atoms. The first kappa shape index (κ1) is 13.3. The summed E-state index contributed by atoms with van der Waals surface area (Å²) in [5.74, 6) is 0.816. The minimum Gasteiger partial charge on any atom is -0.356 e. The van der Waals surface area contributed by atoms with Gasteiger partial charge in [-0.05, 0) is 18.4 Å². The monoisotopic (exact) mass is 235 g/mol. The van der Waals surface area contributed by atoms with Crippen LogP contribution in [-0.2, 0) is 13.5 Å². The summed E-state index contributed by atoms with van der Waals surface area (Å²) in [5.41, 5.74) is 1.27. The van der Waals surface area contributed by atoms with Crippen molar-refractivity contribution >= 4 is 5.96 Å². The number of aryl methyl sites for hydroxylation is 2. The van der Waals surface area contributed by atoms with Crippen LogP contribution in [0.5, 0.6) is 0 Å². The molecule has 1 heterocycles. The third kappa shape index (κ3) is 5.19. The van der Waals surface area contributed by atoms with Crippen LogP contribution in [0, 0.1) is 0 Å². The molecule has 0 atom stereocenters. The molecule has 17 heavy (non-hydrogen) atoms. The van der Waals surface area contributed by atoms with Crippen molar-refractivity contribution in [3.63, 3.8) is 0 Å². The molecule has 0 amide bonds. The van der Waals surface area contributed by atoms with Gasteiger partial charge in [0.15, 0.2) is 5.96 Å². The molecule has 0 spiro atoms. The van der Waals surface area contributed by atoms with Gasteiger partial charge in [0.2, 0.25) is 0 Å². The Hall–Kier alpha value is -1.78. The number of nitrogens with one attached hydrogen (secondary N) is 2. The molecule has 2 N–H and O–H groups in total. The fraction of sp³-hybridized carbons (Fsp3) is 0.500. The van der Waals surface area contributed by atoms with Crippen molar-refractivity contribution in [2.45, 2.75) is 12.8 Å². The van der Waals surface area contributed by atoms with E-state index >= 15 is 0 Å². The number of guanidine groups is 1. The van der Waals surface area contributed by atoms with Gasteiger partial charge < -0.3 is 10.6 Å². The van der Waals surface area contributed by atoms with E-state index in [9.17, 15) is 0 Å². The second kappa shape index (κ2) is 7.49. The molecule has 1 aromatic heterocycles. The van der Waals surface area contributed by atoms with Gasteiger partial charge in [-0.3, -0.25) is 9.67 Å². The lowest BCUT2D eigenvalue weighted by Crippen LogP contribution is -2.37. The Morgan fingerprint density at radius 1 is 1.59 bits per heavy atom. The van der Waals surface area contributed by atoms with E-state index in [1.807, 2.05) is 30.2 Å². The predicted molar refractivity (Wildman–Crippen MR) is 71.1 cm³/mol. The summed E-state index contributed by atoms with van der Waals surface area (Å²) in [7, 11) is 3.70. The zero-order chi connectivity index (χ0) is 12.5. The van der Waals surface area contributed by atoms with Crippen LogP contribution in [0.2, 0.25) is 0 Å². The van der Waals surface area contributed by atoms with Crippen molar-refractivity contribution in [1.29, 1.82) is 0 Å². The van der Waals surface area contributed by atoms with E-state index in [0.717, 1.165) is 31.9 Å². The molecule has 0 radical (unpaired) electrons. The van der Waals surface area contributed by atoms with Crippen LogP contribution in [0.1, 0.15) is 12.0 Å². The SMILES string of the molecule is C=CCNC(=NC)NCCCc1cnn(C)c1. The van der Waals surface area contributed by atoms with Gasteiger partial charge in [-0.15, -0.1) is 6.58 Å². The molecule has 0 saturated carbocycles. The van der Waals surface area contributed by atoms with Gasteiger partial charge in [-0.2, -0.15) is 5.10 Å². The average Bonchev–Trinajstić information content (AvgIpc) is 2.74. The Morgan fingerprint density at radius 2 is 2.41 bits per heavy atom. The van der Waals surface area contributed by atoms with Crippen molar-refractivity contribution in [2.24, 2.45) is 12.0 Å². The molecule has 5 heteroatoms. The first-order valence-electron chi connectivity index (χ1n) is 5.79. The average molecular weight is 235 g/mol. The molecule has 0 unspecified atom stereocenters. The normalized spacial score (nSPS) is 11.3. The molecular weight excluding hydrogens is 214 g/mol. The van der Waals surface area contributed by atoms with Gasteiger partial charge in [0.25, 0.3) is 0 Å². The maximum absolute atomic E-state index is 4.14. The Morgan fingerprint density at radius 3 is 3.00 bits per heavy atom. The number of hydrogen-bond donors (Lipinski definition) is 2. The van der Waals surface area contributed by atoms with Crippen LogP contribution < -0.4 is 10.6 Å². The zero-order valence-electron chi connectivity index (χ0n) is 10.6. The van der Waals surface area contributed by atoms with Crippen LogP contribution in [0.15, 0.2) is 30.0 Å². The summed E-state index contributed by atoms with van der Waals surface area (Å²) in [6.07, 6.45) is 7.85. The molecule has 0 fully saturated rings. The highest BCUT2D eigenvalue weighted by Crippen LogP contribution is 1.99. The van der Waals surface area contributed by atoms with Crippen molar-refractivity contribution in [2.75, 3.05) is 20.1 Å². The second-order valence-electron chi connectivity index (χ2n) is 3.79. The highest BCUT2D eigenvalue weighted by Gasteiger charge is 1.97. The van der Waals surface area contributed by atoms with Gasteiger partial charge in [0, 0.05) is 33.4 Å². The molecular formula is C12H21N5. The van der Waals surface area contributed by atoms with Crippen LogP contribution in [0.4, 0.5) is 0 Å². The lowest BCUT2D eigenvalue weighted by atomic mass is 10.2. The molecule has 1 rings (SSSR count). The van der Waals surface area contributed by atoms with E-state index in [0.29, 0.717) is 0 Å². The fourth-order valence-corrected chi connectivity index (χ4v) is 1.49. The van der Waals surface area contributed by atoms with Crippen LogP contribution in [0.25, 0.3) is 0 Å². The van der Waals surface area contributed by atoms with Gasteiger partial charge in [0.1, 0.15) is 0 Å². The summed E-state index contributed by atoms with van der Waals surface area (Å²) in [6.45, 7) is 5.27. The Kier molecular flexibility index (Phi) is 5.85. The van der Waals surface area contributed by atoms with E-state index in [1.165, 1.54) is 5.56 Å². The first-order chi connectivity index (χ1) is 8.26. The second-order valence-corrected chi connectivity index (χ2v) is 3.79. The number of aliphatic imine (C=N–C) groups is 1. The third-order valence-electron chi connectivity index (χ3n) is 2.33. The maximum atomic E-state index is 4.14. The topological polar surface area (TPSA) is 54.2 Å². The van der Waals surface area contributed by atoms with Crippen LogP contribution in [-0.4, -0.2) is 35.9 Å². The smallest absolute Gasteiger partial charge is 0.191 e. The lowest BCUT2D eigenvalue weighted by molar-refractivity contribution is 0.748. The van der Waals surface area contributed by atoms with E-state index in [4.69, 9.17) is 0 Å². The molecule has 0 aromatic carbocycles.